The number of aryl methyl sites for hydroxylation is 2. The SMILES string of the molecule is Cc1cccc(C)c1NS(=O)(=O)c1ccc(-c2ccc(=O)[nH]n2)s1. The van der Waals surface area contributed by atoms with Gasteiger partial charge in [-0.05, 0) is 43.2 Å². The van der Waals surface area contributed by atoms with Crippen LogP contribution in [0.2, 0.25) is 0 Å². The molecule has 124 valence electrons. The van der Waals surface area contributed by atoms with Gasteiger partial charge in [-0.15, -0.1) is 11.3 Å². The average molecular weight is 361 g/mol. The van der Waals surface area contributed by atoms with E-state index in [4.69, 9.17) is 0 Å². The summed E-state index contributed by atoms with van der Waals surface area (Å²) in [5.41, 5.74) is 2.53. The van der Waals surface area contributed by atoms with Gasteiger partial charge in [0, 0.05) is 6.07 Å². The van der Waals surface area contributed by atoms with Crippen molar-refractivity contribution in [2.24, 2.45) is 0 Å². The fraction of sp³-hybridized carbons (Fsp3) is 0.125. The number of hydrogen-bond donors (Lipinski definition) is 2. The van der Waals surface area contributed by atoms with Crippen molar-refractivity contribution in [3.8, 4) is 10.6 Å². The van der Waals surface area contributed by atoms with Crippen LogP contribution in [-0.2, 0) is 10.0 Å². The van der Waals surface area contributed by atoms with Gasteiger partial charge in [0.05, 0.1) is 10.6 Å². The van der Waals surface area contributed by atoms with Crippen molar-refractivity contribution in [1.82, 2.24) is 10.2 Å². The molecule has 0 aliphatic rings. The molecule has 24 heavy (non-hydrogen) atoms. The minimum absolute atomic E-state index is 0.188. The standard InChI is InChI=1S/C16H15N3O3S2/c1-10-4-3-5-11(2)16(10)19-24(21,22)15-9-7-13(23-15)12-6-8-14(20)18-17-12/h3-9,19H,1-2H3,(H,18,20). The van der Waals surface area contributed by atoms with E-state index in [0.717, 1.165) is 22.5 Å². The van der Waals surface area contributed by atoms with Crippen LogP contribution >= 0.6 is 11.3 Å². The summed E-state index contributed by atoms with van der Waals surface area (Å²) in [4.78, 5) is 11.7. The second-order valence-electron chi connectivity index (χ2n) is 5.30. The van der Waals surface area contributed by atoms with E-state index in [1.807, 2.05) is 32.0 Å². The van der Waals surface area contributed by atoms with E-state index < -0.39 is 10.0 Å². The van der Waals surface area contributed by atoms with E-state index in [2.05, 4.69) is 14.9 Å². The van der Waals surface area contributed by atoms with Crippen LogP contribution in [0.5, 0.6) is 0 Å². The van der Waals surface area contributed by atoms with E-state index in [0.29, 0.717) is 16.3 Å². The Labute approximate surface area is 143 Å². The van der Waals surface area contributed by atoms with Gasteiger partial charge in [-0.3, -0.25) is 9.52 Å². The fourth-order valence-electron chi connectivity index (χ4n) is 2.24. The fourth-order valence-corrected chi connectivity index (χ4v) is 4.72. The molecular weight excluding hydrogens is 346 g/mol. The Morgan fingerprint density at radius 1 is 1.04 bits per heavy atom. The van der Waals surface area contributed by atoms with Crippen molar-refractivity contribution < 1.29 is 8.42 Å². The molecule has 0 radical (unpaired) electrons. The predicted octanol–water partition coefficient (Wildman–Crippen LogP) is 2.92. The number of sulfonamides is 1. The summed E-state index contributed by atoms with van der Waals surface area (Å²) in [7, 11) is -3.68. The molecule has 0 saturated carbocycles. The van der Waals surface area contributed by atoms with Gasteiger partial charge in [-0.25, -0.2) is 13.5 Å². The average Bonchev–Trinajstić information content (AvgIpc) is 3.03. The molecular formula is C16H15N3O3S2. The van der Waals surface area contributed by atoms with E-state index in [1.165, 1.54) is 12.1 Å². The van der Waals surface area contributed by atoms with Crippen LogP contribution in [0.3, 0.4) is 0 Å². The Morgan fingerprint density at radius 2 is 1.75 bits per heavy atom. The van der Waals surface area contributed by atoms with Gasteiger partial charge in [0.1, 0.15) is 9.90 Å². The zero-order valence-electron chi connectivity index (χ0n) is 13.0. The summed E-state index contributed by atoms with van der Waals surface area (Å²) in [5, 5.41) is 6.25. The Hall–Kier alpha value is -2.45. The molecule has 2 aromatic heterocycles. The third-order valence-corrected chi connectivity index (χ3v) is 6.44. The summed E-state index contributed by atoms with van der Waals surface area (Å²) in [5.74, 6) is 0. The first-order chi connectivity index (χ1) is 11.4. The van der Waals surface area contributed by atoms with E-state index >= 15 is 0 Å². The van der Waals surface area contributed by atoms with Gasteiger partial charge >= 0.3 is 0 Å². The zero-order chi connectivity index (χ0) is 17.3. The first kappa shape index (κ1) is 16.4. The van der Waals surface area contributed by atoms with Crippen molar-refractivity contribution in [1.29, 1.82) is 0 Å². The van der Waals surface area contributed by atoms with Crippen LogP contribution in [0.25, 0.3) is 10.6 Å². The highest BCUT2D eigenvalue weighted by atomic mass is 32.2. The number of thiophene rings is 1. The molecule has 0 aliphatic heterocycles. The Kier molecular flexibility index (Phi) is 4.25. The predicted molar refractivity (Wildman–Crippen MR) is 94.9 cm³/mol. The van der Waals surface area contributed by atoms with E-state index in [9.17, 15) is 13.2 Å². The molecule has 0 amide bonds. The van der Waals surface area contributed by atoms with Crippen molar-refractivity contribution >= 4 is 27.0 Å². The molecule has 8 heteroatoms. The number of nitrogens with zero attached hydrogens (tertiary/aromatic N) is 1. The summed E-state index contributed by atoms with van der Waals surface area (Å²) in [6, 6.07) is 11.7. The second-order valence-corrected chi connectivity index (χ2v) is 8.29. The maximum atomic E-state index is 12.6. The Morgan fingerprint density at radius 3 is 2.38 bits per heavy atom. The number of para-hydroxylation sites is 1. The first-order valence-electron chi connectivity index (χ1n) is 7.12. The molecule has 0 unspecified atom stereocenters. The van der Waals surface area contributed by atoms with Crippen LogP contribution in [0, 0.1) is 13.8 Å². The quantitative estimate of drug-likeness (QED) is 0.747. The lowest BCUT2D eigenvalue weighted by molar-refractivity contribution is 0.603. The monoisotopic (exact) mass is 361 g/mol. The van der Waals surface area contributed by atoms with Gasteiger partial charge in [-0.2, -0.15) is 5.10 Å². The molecule has 0 bridgehead atoms. The number of anilines is 1. The zero-order valence-corrected chi connectivity index (χ0v) is 14.7. The largest absolute Gasteiger partial charge is 0.278 e. The Bertz CT molecular complexity index is 1010. The third kappa shape index (κ3) is 3.24. The highest BCUT2D eigenvalue weighted by Gasteiger charge is 2.19. The Balaban J connectivity index is 1.94. The highest BCUT2D eigenvalue weighted by Crippen LogP contribution is 2.31. The van der Waals surface area contributed by atoms with Gasteiger partial charge in [0.25, 0.3) is 15.6 Å². The minimum atomic E-state index is -3.68. The summed E-state index contributed by atoms with van der Waals surface area (Å²) >= 11 is 1.09. The van der Waals surface area contributed by atoms with Crippen LogP contribution in [0.15, 0.2) is 51.5 Å². The van der Waals surface area contributed by atoms with Gasteiger partial charge in [0.2, 0.25) is 0 Å². The molecule has 0 spiro atoms. The number of nitrogens with one attached hydrogen (secondary N) is 2. The van der Waals surface area contributed by atoms with Crippen molar-refractivity contribution in [3.05, 3.63) is 63.9 Å². The normalized spacial score (nSPS) is 11.4. The molecule has 0 atom stereocenters. The summed E-state index contributed by atoms with van der Waals surface area (Å²) in [6.07, 6.45) is 0. The number of aromatic amines is 1. The van der Waals surface area contributed by atoms with E-state index in [1.54, 1.807) is 12.1 Å². The molecule has 3 rings (SSSR count). The molecule has 6 nitrogen and oxygen atoms in total. The molecule has 0 aliphatic carbocycles. The molecule has 0 saturated heterocycles. The summed E-state index contributed by atoms with van der Waals surface area (Å²) < 4.78 is 28.1. The van der Waals surface area contributed by atoms with E-state index in [-0.39, 0.29) is 9.77 Å². The van der Waals surface area contributed by atoms with Crippen LogP contribution in [0.1, 0.15) is 11.1 Å². The van der Waals surface area contributed by atoms with Crippen LogP contribution in [-0.4, -0.2) is 18.6 Å². The lowest BCUT2D eigenvalue weighted by Gasteiger charge is -2.12. The molecule has 3 aromatic rings. The first-order valence-corrected chi connectivity index (χ1v) is 9.42. The highest BCUT2D eigenvalue weighted by molar-refractivity contribution is 7.94. The molecule has 2 heterocycles. The number of benzene rings is 1. The van der Waals surface area contributed by atoms with Gasteiger partial charge < -0.3 is 0 Å². The third-order valence-electron chi connectivity index (χ3n) is 3.50. The maximum Gasteiger partial charge on any atom is 0.271 e. The molecule has 1 aromatic carbocycles. The minimum Gasteiger partial charge on any atom is -0.278 e. The van der Waals surface area contributed by atoms with Crippen molar-refractivity contribution in [2.45, 2.75) is 18.1 Å². The molecule has 2 N–H and O–H groups in total. The second kappa shape index (κ2) is 6.21. The lowest BCUT2D eigenvalue weighted by atomic mass is 10.1. The van der Waals surface area contributed by atoms with Crippen molar-refractivity contribution in [2.75, 3.05) is 4.72 Å². The van der Waals surface area contributed by atoms with Crippen LogP contribution in [0.4, 0.5) is 5.69 Å². The van der Waals surface area contributed by atoms with Gasteiger partial charge in [-0.1, -0.05) is 18.2 Å². The van der Waals surface area contributed by atoms with Gasteiger partial charge in [0.15, 0.2) is 0 Å². The number of H-pyrrole nitrogens is 1. The number of hydrogen-bond acceptors (Lipinski definition) is 5. The smallest absolute Gasteiger partial charge is 0.271 e. The number of aromatic nitrogens is 2. The topological polar surface area (TPSA) is 91.9 Å². The van der Waals surface area contributed by atoms with Crippen molar-refractivity contribution in [3.63, 3.8) is 0 Å². The summed E-state index contributed by atoms with van der Waals surface area (Å²) in [6.45, 7) is 3.71. The molecule has 0 fully saturated rings. The number of rotatable bonds is 4. The van der Waals surface area contributed by atoms with Crippen LogP contribution < -0.4 is 10.3 Å². The maximum absolute atomic E-state index is 12.6. The lowest BCUT2D eigenvalue weighted by Crippen LogP contribution is -2.13.